The van der Waals surface area contributed by atoms with Gasteiger partial charge >= 0.3 is 0 Å². The van der Waals surface area contributed by atoms with Crippen LogP contribution >= 0.6 is 0 Å². The van der Waals surface area contributed by atoms with E-state index in [1.807, 2.05) is 0 Å². The number of piperidine rings is 1. The van der Waals surface area contributed by atoms with Crippen molar-refractivity contribution >= 4 is 0 Å². The van der Waals surface area contributed by atoms with Crippen molar-refractivity contribution < 1.29 is 25.5 Å². The lowest BCUT2D eigenvalue weighted by atomic mass is 9.53. The Kier molecular flexibility index (Phi) is 1.36. The van der Waals surface area contributed by atoms with Gasteiger partial charge in [-0.15, -0.1) is 0 Å². The number of likely N-dealkylation sites (tertiary alicyclic amines) is 1. The zero-order valence-corrected chi connectivity index (χ0v) is 12.0. The van der Waals surface area contributed by atoms with Gasteiger partial charge < -0.3 is 19.5 Å². The summed E-state index contributed by atoms with van der Waals surface area (Å²) in [6, 6.07) is 0.555. The van der Waals surface area contributed by atoms with Crippen LogP contribution in [0.2, 0.25) is 0 Å². The molecule has 0 saturated carbocycles. The lowest BCUT2D eigenvalue weighted by Crippen LogP contribution is -2.64. The van der Waals surface area contributed by atoms with Gasteiger partial charge in [-0.1, -0.05) is 18.2 Å². The predicted octanol–water partition coefficient (Wildman–Crippen LogP) is 1.50. The van der Waals surface area contributed by atoms with Crippen LogP contribution < -0.4 is 9.47 Å². The van der Waals surface area contributed by atoms with E-state index < -0.39 is 42.9 Å². The maximum absolute atomic E-state index is 10.9. The highest BCUT2D eigenvalue weighted by molar-refractivity contribution is 5.62. The summed E-state index contributed by atoms with van der Waals surface area (Å²) in [5.74, 6) is -0.860. The first kappa shape index (κ1) is 7.37. The van der Waals surface area contributed by atoms with Crippen LogP contribution in [0.4, 0.5) is 0 Å². The fourth-order valence-corrected chi connectivity index (χ4v) is 4.26. The maximum Gasteiger partial charge on any atom is 0.165 e. The third-order valence-corrected chi connectivity index (χ3v) is 5.18. The van der Waals surface area contributed by atoms with E-state index in [1.165, 1.54) is 25.3 Å². The Morgan fingerprint density at radius 2 is 2.45 bits per heavy atom. The Morgan fingerprint density at radius 3 is 3.27 bits per heavy atom. The summed E-state index contributed by atoms with van der Waals surface area (Å²) >= 11 is 0. The second-order valence-electron chi connectivity index (χ2n) is 6.06. The minimum atomic E-state index is -2.75. The summed E-state index contributed by atoms with van der Waals surface area (Å²) in [4.78, 5) is 0.861. The average molecular weight is 307 g/mol. The summed E-state index contributed by atoms with van der Waals surface area (Å²) in [5, 5.41) is 10.9. The molecule has 2 unspecified atom stereocenters. The standard InChI is InChI=1S/C18H21NO3/c1-19-8-7-18-11-4-5-13(20)17(18)22-16-14(21-2)6-3-10(15(16)18)9-12(11)19/h3-6,11-13,17,20H,7-9H2,1-2H3/t11-,12+,13?,17?,18-/m0/s1/i1D3,9D2,12D,13D,17D. The van der Waals surface area contributed by atoms with Crippen molar-refractivity contribution in [1.29, 1.82) is 0 Å². The first-order valence-corrected chi connectivity index (χ1v) is 7.30. The van der Waals surface area contributed by atoms with Crippen molar-refractivity contribution in [3.05, 3.63) is 35.4 Å². The second kappa shape index (κ2) is 4.06. The molecule has 1 saturated heterocycles. The third kappa shape index (κ3) is 1.28. The Morgan fingerprint density at radius 1 is 1.55 bits per heavy atom. The van der Waals surface area contributed by atoms with E-state index >= 15 is 0 Å². The van der Waals surface area contributed by atoms with Gasteiger partial charge in [0.15, 0.2) is 11.5 Å². The number of hydrogen-bond acceptors (Lipinski definition) is 4. The fraction of sp³-hybridized carbons (Fsp3) is 0.556. The summed E-state index contributed by atoms with van der Waals surface area (Å²) in [6.45, 7) is -2.98. The number of methoxy groups -OCH3 is 1. The van der Waals surface area contributed by atoms with E-state index in [2.05, 4.69) is 0 Å². The molecule has 2 heterocycles. The van der Waals surface area contributed by atoms with Crippen molar-refractivity contribution in [2.75, 3.05) is 20.6 Å². The summed E-state index contributed by atoms with van der Waals surface area (Å²) in [5.41, 5.74) is -1.18. The number of nitrogens with zero attached hydrogens (tertiary/aromatic N) is 1. The van der Waals surface area contributed by atoms with Crippen molar-refractivity contribution in [3.8, 4) is 11.5 Å². The first-order valence-electron chi connectivity index (χ1n) is 11.3. The topological polar surface area (TPSA) is 41.9 Å². The summed E-state index contributed by atoms with van der Waals surface area (Å²) in [7, 11) is 1.39. The van der Waals surface area contributed by atoms with Crippen molar-refractivity contribution in [1.82, 2.24) is 4.90 Å². The predicted molar refractivity (Wildman–Crippen MR) is 82.5 cm³/mol. The number of aliphatic hydroxyl groups is 1. The summed E-state index contributed by atoms with van der Waals surface area (Å²) in [6.07, 6.45) is -4.94. The van der Waals surface area contributed by atoms with E-state index in [0.717, 1.165) is 11.0 Å². The van der Waals surface area contributed by atoms with Gasteiger partial charge in [-0.25, -0.2) is 0 Å². The Labute approximate surface area is 141 Å². The second-order valence-corrected chi connectivity index (χ2v) is 6.06. The fourth-order valence-electron chi connectivity index (χ4n) is 4.26. The molecule has 4 aliphatic rings. The van der Waals surface area contributed by atoms with E-state index in [4.69, 9.17) is 19.1 Å². The molecule has 2 aliphatic carbocycles. The Hall–Kier alpha value is -1.52. The molecule has 1 aromatic rings. The van der Waals surface area contributed by atoms with E-state index in [9.17, 15) is 6.48 Å². The molecule has 0 amide bonds. The molecule has 0 aromatic heterocycles. The summed E-state index contributed by atoms with van der Waals surface area (Å²) < 4.78 is 79.8. The van der Waals surface area contributed by atoms with Crippen LogP contribution in [0.5, 0.6) is 11.5 Å². The van der Waals surface area contributed by atoms with Crippen LogP contribution in [-0.2, 0) is 11.8 Å². The first-order chi connectivity index (χ1) is 13.7. The van der Waals surface area contributed by atoms with Crippen molar-refractivity contribution in [3.63, 3.8) is 0 Å². The minimum Gasteiger partial charge on any atom is -0.493 e. The van der Waals surface area contributed by atoms with Gasteiger partial charge in [0.25, 0.3) is 0 Å². The van der Waals surface area contributed by atoms with Gasteiger partial charge in [-0.05, 0) is 37.9 Å². The maximum atomic E-state index is 10.9. The van der Waals surface area contributed by atoms with Gasteiger partial charge in [0.05, 0.1) is 9.85 Å². The van der Waals surface area contributed by atoms with Crippen LogP contribution in [0.15, 0.2) is 24.3 Å². The highest BCUT2D eigenvalue weighted by Crippen LogP contribution is 2.62. The molecule has 1 N–H and O–H groups in total. The lowest BCUT2D eigenvalue weighted by molar-refractivity contribution is -0.0453. The van der Waals surface area contributed by atoms with E-state index in [0.29, 0.717) is 0 Å². The molecule has 116 valence electrons. The molecule has 1 fully saturated rings. The molecule has 0 radical (unpaired) electrons. The van der Waals surface area contributed by atoms with Crippen molar-refractivity contribution in [2.24, 2.45) is 5.92 Å². The molecule has 4 nitrogen and oxygen atoms in total. The zero-order chi connectivity index (χ0) is 22.1. The number of benzene rings is 1. The molecule has 5 rings (SSSR count). The van der Waals surface area contributed by atoms with E-state index in [1.54, 1.807) is 0 Å². The normalized spacial score (nSPS) is 59.3. The molecule has 1 aromatic carbocycles. The number of likely N-dealkylation sites (N-methyl/N-ethyl adjacent to an activating group) is 1. The highest BCUT2D eigenvalue weighted by atomic mass is 16.5. The van der Waals surface area contributed by atoms with Gasteiger partial charge in [0.2, 0.25) is 0 Å². The number of ether oxygens (including phenoxy) is 2. The minimum absolute atomic E-state index is 0.00500. The van der Waals surface area contributed by atoms with Crippen LogP contribution in [0, 0.1) is 5.92 Å². The zero-order valence-electron chi connectivity index (χ0n) is 20.0. The highest BCUT2D eigenvalue weighted by Gasteiger charge is 2.64. The largest absolute Gasteiger partial charge is 0.493 e. The van der Waals surface area contributed by atoms with Crippen LogP contribution in [0.25, 0.3) is 0 Å². The molecule has 2 aliphatic heterocycles. The quantitative estimate of drug-likeness (QED) is 0.799. The van der Waals surface area contributed by atoms with Gasteiger partial charge in [0, 0.05) is 31.1 Å². The monoisotopic (exact) mass is 307 g/mol. The van der Waals surface area contributed by atoms with E-state index in [-0.39, 0.29) is 35.6 Å². The number of rotatable bonds is 1. The molecular weight excluding hydrogens is 278 g/mol. The molecule has 4 heteroatoms. The van der Waals surface area contributed by atoms with Crippen LogP contribution in [-0.4, -0.2) is 48.8 Å². The number of hydrogen-bond donors (Lipinski definition) is 1. The molecular formula is C18H21NO3. The molecule has 1 spiro atoms. The van der Waals surface area contributed by atoms with Crippen LogP contribution in [0.1, 0.15) is 28.5 Å². The van der Waals surface area contributed by atoms with Crippen molar-refractivity contribution in [2.45, 2.75) is 36.4 Å². The van der Waals surface area contributed by atoms with Gasteiger partial charge in [-0.3, -0.25) is 0 Å². The lowest BCUT2D eigenvalue weighted by Gasteiger charge is -2.56. The third-order valence-electron chi connectivity index (χ3n) is 5.18. The van der Waals surface area contributed by atoms with Crippen LogP contribution in [0.3, 0.4) is 0 Å². The molecule has 22 heavy (non-hydrogen) atoms. The molecule has 2 bridgehead atoms. The van der Waals surface area contributed by atoms with Gasteiger partial charge in [0.1, 0.15) is 12.2 Å². The Balaban J connectivity index is 1.95. The smallest absolute Gasteiger partial charge is 0.165 e. The SMILES string of the molecule is [2H]C([2H])([2H])N1CC[C@]23c4c5ccc(OC)c4OC2([2H])C([2H])(O)C=C[C@H]3[C@@]1([2H])C5([2H])[2H]. The van der Waals surface area contributed by atoms with Gasteiger partial charge in [-0.2, -0.15) is 0 Å². The Bertz CT molecular complexity index is 994. The molecule has 5 atom stereocenters. The average Bonchev–Trinajstić information content (AvgIpc) is 2.90.